The van der Waals surface area contributed by atoms with Crippen LogP contribution in [0, 0.1) is 17.7 Å². The topological polar surface area (TPSA) is 29.5 Å². The summed E-state index contributed by atoms with van der Waals surface area (Å²) in [7, 11) is 0. The number of Topliss-reactive ketones (excluding diaryl/α,β-unsaturated/α-hetero) is 1. The summed E-state index contributed by atoms with van der Waals surface area (Å²) in [6, 6.07) is 12.6. The van der Waals surface area contributed by atoms with Crippen molar-refractivity contribution in [1.29, 1.82) is 0 Å². The molecule has 1 aliphatic carbocycles. The molecule has 0 unspecified atom stereocenters. The third-order valence-electron chi connectivity index (χ3n) is 8.27. The van der Waals surface area contributed by atoms with E-state index in [1.807, 2.05) is 0 Å². The van der Waals surface area contributed by atoms with Gasteiger partial charge in [-0.2, -0.15) is 0 Å². The zero-order chi connectivity index (χ0) is 22.6. The monoisotopic (exact) mass is 449 g/mol. The predicted octanol–water partition coefficient (Wildman–Crippen LogP) is 6.41. The van der Waals surface area contributed by atoms with Crippen LogP contribution in [0.1, 0.15) is 78.8 Å². The SMILES string of the molecule is O=C(CC1CCC(CCN2CCC(c3cccc4c3CCO4)CC2)CC1)c1ccc(F)cc1. The van der Waals surface area contributed by atoms with E-state index in [0.717, 1.165) is 37.5 Å². The molecule has 2 aliphatic heterocycles. The normalized spacial score (nSPS) is 23.8. The van der Waals surface area contributed by atoms with Crippen LogP contribution in [0.25, 0.3) is 0 Å². The summed E-state index contributed by atoms with van der Waals surface area (Å²) in [6.07, 6.45) is 10.3. The third kappa shape index (κ3) is 5.48. The van der Waals surface area contributed by atoms with Crippen molar-refractivity contribution in [2.24, 2.45) is 11.8 Å². The Morgan fingerprint density at radius 3 is 2.42 bits per heavy atom. The van der Waals surface area contributed by atoms with Crippen LogP contribution < -0.4 is 4.74 Å². The largest absolute Gasteiger partial charge is 0.493 e. The summed E-state index contributed by atoms with van der Waals surface area (Å²) in [6.45, 7) is 4.47. The fourth-order valence-corrected chi connectivity index (χ4v) is 6.20. The fraction of sp³-hybridized carbons (Fsp3) is 0.552. The molecule has 3 nitrogen and oxygen atoms in total. The Bertz CT molecular complexity index is 941. The number of ketones is 1. The van der Waals surface area contributed by atoms with E-state index in [4.69, 9.17) is 4.74 Å². The number of piperidine rings is 1. The number of fused-ring (bicyclic) bond motifs is 1. The van der Waals surface area contributed by atoms with Crippen LogP contribution in [0.3, 0.4) is 0 Å². The molecule has 2 aromatic carbocycles. The molecule has 2 aromatic rings. The second-order valence-corrected chi connectivity index (χ2v) is 10.3. The van der Waals surface area contributed by atoms with E-state index in [2.05, 4.69) is 23.1 Å². The maximum absolute atomic E-state index is 13.1. The molecule has 0 radical (unpaired) electrons. The minimum Gasteiger partial charge on any atom is -0.493 e. The fourth-order valence-electron chi connectivity index (χ4n) is 6.20. The average Bonchev–Trinajstić information content (AvgIpc) is 3.34. The third-order valence-corrected chi connectivity index (χ3v) is 8.27. The number of hydrogen-bond acceptors (Lipinski definition) is 3. The highest BCUT2D eigenvalue weighted by Crippen LogP contribution is 2.38. The average molecular weight is 450 g/mol. The molecule has 5 rings (SSSR count). The molecular weight excluding hydrogens is 413 g/mol. The van der Waals surface area contributed by atoms with Gasteiger partial charge < -0.3 is 9.64 Å². The van der Waals surface area contributed by atoms with Crippen LogP contribution in [0.15, 0.2) is 42.5 Å². The minimum absolute atomic E-state index is 0.164. The maximum atomic E-state index is 13.1. The van der Waals surface area contributed by atoms with E-state index in [0.29, 0.717) is 23.8 Å². The van der Waals surface area contributed by atoms with Crippen LogP contribution in [-0.4, -0.2) is 36.9 Å². The van der Waals surface area contributed by atoms with Crippen molar-refractivity contribution in [3.05, 3.63) is 65.0 Å². The Balaban J connectivity index is 1.02. The first-order valence-electron chi connectivity index (χ1n) is 12.9. The lowest BCUT2D eigenvalue weighted by atomic mass is 9.78. The molecular formula is C29H36FNO2. The van der Waals surface area contributed by atoms with Gasteiger partial charge in [0.1, 0.15) is 11.6 Å². The molecule has 0 N–H and O–H groups in total. The maximum Gasteiger partial charge on any atom is 0.163 e. The lowest BCUT2D eigenvalue weighted by molar-refractivity contribution is 0.0939. The summed E-state index contributed by atoms with van der Waals surface area (Å²) in [5, 5.41) is 0. The van der Waals surface area contributed by atoms with Crippen molar-refractivity contribution >= 4 is 5.78 Å². The lowest BCUT2D eigenvalue weighted by Crippen LogP contribution is -2.35. The standard InChI is InChI=1S/C29H36FNO2/c30-25-10-8-24(9-11-25)28(32)20-22-6-4-21(5-7-22)12-16-31-17-13-23(14-18-31)26-2-1-3-29-27(26)15-19-33-29/h1-3,8-11,21-23H,4-7,12-20H2. The number of ether oxygens (including phenoxy) is 1. The Morgan fingerprint density at radius 2 is 1.67 bits per heavy atom. The number of hydrogen-bond donors (Lipinski definition) is 0. The lowest BCUT2D eigenvalue weighted by Gasteiger charge is -2.35. The van der Waals surface area contributed by atoms with Crippen LogP contribution in [0.5, 0.6) is 5.75 Å². The molecule has 0 atom stereocenters. The first kappa shape index (κ1) is 22.6. The summed E-state index contributed by atoms with van der Waals surface area (Å²) < 4.78 is 18.9. The van der Waals surface area contributed by atoms with Gasteiger partial charge in [0.15, 0.2) is 5.78 Å². The molecule has 3 aliphatic rings. The Hall–Kier alpha value is -2.20. The van der Waals surface area contributed by atoms with Gasteiger partial charge in [-0.3, -0.25) is 4.79 Å². The summed E-state index contributed by atoms with van der Waals surface area (Å²) in [5.74, 6) is 2.98. The molecule has 2 heterocycles. The van der Waals surface area contributed by atoms with Gasteiger partial charge in [-0.25, -0.2) is 4.39 Å². The van der Waals surface area contributed by atoms with E-state index in [-0.39, 0.29) is 11.6 Å². The van der Waals surface area contributed by atoms with Crippen molar-refractivity contribution < 1.29 is 13.9 Å². The number of carbonyl (C=O) groups is 1. The molecule has 0 amide bonds. The number of halogens is 1. The van der Waals surface area contributed by atoms with Crippen molar-refractivity contribution in [3.8, 4) is 5.75 Å². The van der Waals surface area contributed by atoms with Gasteiger partial charge in [0, 0.05) is 24.0 Å². The molecule has 0 bridgehead atoms. The van der Waals surface area contributed by atoms with Crippen molar-refractivity contribution in [1.82, 2.24) is 4.90 Å². The Labute approximate surface area is 197 Å². The van der Waals surface area contributed by atoms with Gasteiger partial charge in [0.2, 0.25) is 0 Å². The summed E-state index contributed by atoms with van der Waals surface area (Å²) in [5.41, 5.74) is 3.65. The molecule has 176 valence electrons. The van der Waals surface area contributed by atoms with Crippen LogP contribution in [0.4, 0.5) is 4.39 Å². The van der Waals surface area contributed by atoms with E-state index in [9.17, 15) is 9.18 Å². The number of likely N-dealkylation sites (tertiary alicyclic amines) is 1. The second-order valence-electron chi connectivity index (χ2n) is 10.3. The van der Waals surface area contributed by atoms with Gasteiger partial charge in [-0.05, 0) is 105 Å². The van der Waals surface area contributed by atoms with Crippen LogP contribution in [-0.2, 0) is 6.42 Å². The van der Waals surface area contributed by atoms with Crippen LogP contribution in [0.2, 0.25) is 0 Å². The molecule has 2 fully saturated rings. The summed E-state index contributed by atoms with van der Waals surface area (Å²) >= 11 is 0. The molecule has 33 heavy (non-hydrogen) atoms. The van der Waals surface area contributed by atoms with Crippen LogP contribution >= 0.6 is 0 Å². The van der Waals surface area contributed by atoms with Crippen molar-refractivity contribution in [3.63, 3.8) is 0 Å². The number of nitrogens with zero attached hydrogens (tertiary/aromatic N) is 1. The molecule has 4 heteroatoms. The van der Waals surface area contributed by atoms with Crippen molar-refractivity contribution in [2.75, 3.05) is 26.2 Å². The Morgan fingerprint density at radius 1 is 0.939 bits per heavy atom. The number of rotatable bonds is 7. The van der Waals surface area contributed by atoms with E-state index >= 15 is 0 Å². The first-order chi connectivity index (χ1) is 16.2. The van der Waals surface area contributed by atoms with Gasteiger partial charge in [0.25, 0.3) is 0 Å². The Kier molecular flexibility index (Phi) is 7.10. The highest BCUT2D eigenvalue weighted by molar-refractivity contribution is 5.96. The molecule has 1 saturated carbocycles. The molecule has 1 saturated heterocycles. The van der Waals surface area contributed by atoms with E-state index in [1.165, 1.54) is 75.0 Å². The molecule has 0 spiro atoms. The quantitative estimate of drug-likeness (QED) is 0.458. The highest BCUT2D eigenvalue weighted by Gasteiger charge is 2.27. The first-order valence-corrected chi connectivity index (χ1v) is 12.9. The number of benzene rings is 2. The van der Waals surface area contributed by atoms with Gasteiger partial charge in [-0.15, -0.1) is 0 Å². The van der Waals surface area contributed by atoms with Gasteiger partial charge in [0.05, 0.1) is 6.61 Å². The minimum atomic E-state index is -0.283. The zero-order valence-electron chi connectivity index (χ0n) is 19.6. The van der Waals surface area contributed by atoms with E-state index < -0.39 is 0 Å². The number of carbonyl (C=O) groups excluding carboxylic acids is 1. The van der Waals surface area contributed by atoms with E-state index in [1.54, 1.807) is 12.1 Å². The predicted molar refractivity (Wildman–Crippen MR) is 129 cm³/mol. The summed E-state index contributed by atoms with van der Waals surface area (Å²) in [4.78, 5) is 15.2. The zero-order valence-corrected chi connectivity index (χ0v) is 19.6. The second kappa shape index (κ2) is 10.4. The van der Waals surface area contributed by atoms with Gasteiger partial charge >= 0.3 is 0 Å². The highest BCUT2D eigenvalue weighted by atomic mass is 19.1. The van der Waals surface area contributed by atoms with Crippen molar-refractivity contribution in [2.45, 2.75) is 63.7 Å². The smallest absolute Gasteiger partial charge is 0.163 e. The molecule has 0 aromatic heterocycles. The van der Waals surface area contributed by atoms with Gasteiger partial charge in [-0.1, -0.05) is 25.0 Å².